The van der Waals surface area contributed by atoms with Crippen LogP contribution in [0.1, 0.15) is 18.4 Å². The number of hydrogen-bond acceptors (Lipinski definition) is 1. The first kappa shape index (κ1) is 17.7. The molecule has 116 valence electrons. The van der Waals surface area contributed by atoms with Gasteiger partial charge in [-0.25, -0.2) is 0 Å². The maximum Gasteiger partial charge on any atom is 0.222 e. The Hall–Kier alpha value is -1.35. The molecule has 1 aromatic rings. The number of benzene rings is 1. The van der Waals surface area contributed by atoms with Gasteiger partial charge in [0.1, 0.15) is 0 Å². The molecule has 3 heteroatoms. The van der Waals surface area contributed by atoms with Crippen LogP contribution in [0.5, 0.6) is 0 Å². The van der Waals surface area contributed by atoms with Crippen molar-refractivity contribution in [3.8, 4) is 0 Å². The molecule has 0 aliphatic rings. The first-order valence-electron chi connectivity index (χ1n) is 7.71. The maximum absolute atomic E-state index is 12.0. The number of rotatable bonds is 7. The molecule has 1 amide bonds. The molecule has 0 spiro atoms. The molecular weight excluding hydrogens is 274 g/mol. The molecule has 0 N–H and O–H groups in total. The Morgan fingerprint density at radius 3 is 2.33 bits per heavy atom. The highest BCUT2D eigenvalue weighted by atomic mass is 28.3. The number of carbonyl (C=O) groups excluding carboxylic acids is 1. The SMILES string of the molecule is CN(C)C(=O)CC(/C=C/CCc1ccccc1)[Si](C)(C)C. The molecule has 2 nitrogen and oxygen atoms in total. The van der Waals surface area contributed by atoms with Crippen LogP contribution < -0.4 is 0 Å². The second-order valence-corrected chi connectivity index (χ2v) is 12.4. The van der Waals surface area contributed by atoms with Crippen molar-refractivity contribution in [1.82, 2.24) is 4.90 Å². The van der Waals surface area contributed by atoms with Crippen molar-refractivity contribution in [2.24, 2.45) is 0 Å². The van der Waals surface area contributed by atoms with Crippen LogP contribution in [0.2, 0.25) is 25.2 Å². The minimum atomic E-state index is -1.36. The van der Waals surface area contributed by atoms with Gasteiger partial charge >= 0.3 is 0 Å². The average Bonchev–Trinajstić information content (AvgIpc) is 2.41. The van der Waals surface area contributed by atoms with Crippen molar-refractivity contribution >= 4 is 14.0 Å². The van der Waals surface area contributed by atoms with Crippen molar-refractivity contribution in [3.63, 3.8) is 0 Å². The van der Waals surface area contributed by atoms with Gasteiger partial charge in [-0.05, 0) is 23.9 Å². The number of carbonyl (C=O) groups is 1. The Balaban J connectivity index is 2.56. The van der Waals surface area contributed by atoms with Crippen LogP contribution >= 0.6 is 0 Å². The van der Waals surface area contributed by atoms with E-state index in [1.54, 1.807) is 4.90 Å². The van der Waals surface area contributed by atoms with Gasteiger partial charge < -0.3 is 4.90 Å². The number of nitrogens with zero attached hydrogens (tertiary/aromatic N) is 1. The molecule has 0 aromatic heterocycles. The van der Waals surface area contributed by atoms with Gasteiger partial charge in [-0.15, -0.1) is 0 Å². The van der Waals surface area contributed by atoms with Gasteiger partial charge in [-0.2, -0.15) is 0 Å². The molecule has 1 rings (SSSR count). The number of aryl methyl sites for hydroxylation is 1. The van der Waals surface area contributed by atoms with Crippen LogP contribution in [-0.4, -0.2) is 33.0 Å². The van der Waals surface area contributed by atoms with Gasteiger partial charge in [0.2, 0.25) is 5.91 Å². The smallest absolute Gasteiger partial charge is 0.222 e. The minimum Gasteiger partial charge on any atom is -0.349 e. The first-order valence-corrected chi connectivity index (χ1v) is 11.3. The third-order valence-electron chi connectivity index (χ3n) is 3.82. The molecule has 21 heavy (non-hydrogen) atoms. The van der Waals surface area contributed by atoms with E-state index in [1.165, 1.54) is 5.56 Å². The van der Waals surface area contributed by atoms with Gasteiger partial charge in [0.25, 0.3) is 0 Å². The topological polar surface area (TPSA) is 20.3 Å². The molecule has 0 bridgehead atoms. The first-order chi connectivity index (χ1) is 9.80. The van der Waals surface area contributed by atoms with Crippen molar-refractivity contribution in [1.29, 1.82) is 0 Å². The van der Waals surface area contributed by atoms with E-state index >= 15 is 0 Å². The summed E-state index contributed by atoms with van der Waals surface area (Å²) in [7, 11) is 2.31. The standard InChI is InChI=1S/C18H29NOSi/c1-19(2)18(20)15-17(21(3,4)5)14-10-9-13-16-11-7-6-8-12-16/h6-8,10-12,14,17H,9,13,15H2,1-5H3/b14-10+. The summed E-state index contributed by atoms with van der Waals surface area (Å²) < 4.78 is 0. The molecule has 1 unspecified atom stereocenters. The van der Waals surface area contributed by atoms with E-state index in [9.17, 15) is 4.79 Å². The lowest BCUT2D eigenvalue weighted by Gasteiger charge is -2.27. The number of amides is 1. The normalized spacial score (nSPS) is 13.4. The average molecular weight is 304 g/mol. The van der Waals surface area contributed by atoms with Gasteiger partial charge in [-0.3, -0.25) is 4.79 Å². The van der Waals surface area contributed by atoms with Gasteiger partial charge in [0.15, 0.2) is 0 Å². The van der Waals surface area contributed by atoms with Crippen LogP contribution in [0.25, 0.3) is 0 Å². The Morgan fingerprint density at radius 1 is 1.19 bits per heavy atom. The summed E-state index contributed by atoms with van der Waals surface area (Å²) in [6, 6.07) is 10.5. The van der Waals surface area contributed by atoms with Crippen molar-refractivity contribution in [2.45, 2.75) is 44.4 Å². The lowest BCUT2D eigenvalue weighted by molar-refractivity contribution is -0.128. The van der Waals surface area contributed by atoms with E-state index < -0.39 is 8.07 Å². The molecule has 1 aromatic carbocycles. The summed E-state index contributed by atoms with van der Waals surface area (Å²) in [6.45, 7) is 7.01. The lowest BCUT2D eigenvalue weighted by Crippen LogP contribution is -2.32. The Morgan fingerprint density at radius 2 is 1.81 bits per heavy atom. The van der Waals surface area contributed by atoms with Crippen LogP contribution in [0.4, 0.5) is 0 Å². The lowest BCUT2D eigenvalue weighted by atomic mass is 10.1. The predicted molar refractivity (Wildman–Crippen MR) is 94.3 cm³/mol. The van der Waals surface area contributed by atoms with Crippen LogP contribution in [0, 0.1) is 0 Å². The second kappa shape index (κ2) is 8.18. The van der Waals surface area contributed by atoms with E-state index in [4.69, 9.17) is 0 Å². The molecule has 0 heterocycles. The molecule has 0 radical (unpaired) electrons. The quantitative estimate of drug-likeness (QED) is 0.541. The van der Waals surface area contributed by atoms with Gasteiger partial charge in [-0.1, -0.05) is 62.1 Å². The largest absolute Gasteiger partial charge is 0.349 e. The molecular formula is C18H29NOSi. The van der Waals surface area contributed by atoms with Gasteiger partial charge in [0, 0.05) is 20.5 Å². The fourth-order valence-electron chi connectivity index (χ4n) is 2.19. The van der Waals surface area contributed by atoms with E-state index in [0.29, 0.717) is 12.0 Å². The zero-order valence-corrected chi connectivity index (χ0v) is 15.1. The van der Waals surface area contributed by atoms with Crippen molar-refractivity contribution < 1.29 is 4.79 Å². The summed E-state index contributed by atoms with van der Waals surface area (Å²) in [5.74, 6) is 0.232. The van der Waals surface area contributed by atoms with E-state index in [-0.39, 0.29) is 5.91 Å². The predicted octanol–water partition coefficient (Wildman–Crippen LogP) is 4.36. The number of hydrogen-bond donors (Lipinski definition) is 0. The maximum atomic E-state index is 12.0. The summed E-state index contributed by atoms with van der Waals surface area (Å²) in [6.07, 6.45) is 7.30. The molecule has 0 saturated heterocycles. The van der Waals surface area contributed by atoms with Crippen molar-refractivity contribution in [2.75, 3.05) is 14.1 Å². The zero-order valence-electron chi connectivity index (χ0n) is 14.1. The monoisotopic (exact) mass is 303 g/mol. The summed E-state index contributed by atoms with van der Waals surface area (Å²) in [5, 5.41) is 0. The molecule has 0 aliphatic carbocycles. The highest BCUT2D eigenvalue weighted by Crippen LogP contribution is 2.27. The molecule has 0 saturated carbocycles. The van der Waals surface area contributed by atoms with E-state index in [2.05, 4.69) is 56.1 Å². The van der Waals surface area contributed by atoms with E-state index in [0.717, 1.165) is 12.8 Å². The highest BCUT2D eigenvalue weighted by molar-refractivity contribution is 6.78. The number of allylic oxidation sites excluding steroid dienone is 2. The van der Waals surface area contributed by atoms with Crippen molar-refractivity contribution in [3.05, 3.63) is 48.0 Å². The fourth-order valence-corrected chi connectivity index (χ4v) is 3.69. The van der Waals surface area contributed by atoms with Crippen LogP contribution in [0.3, 0.4) is 0 Å². The van der Waals surface area contributed by atoms with Gasteiger partial charge in [0.05, 0.1) is 8.07 Å². The molecule has 1 atom stereocenters. The Kier molecular flexibility index (Phi) is 6.89. The summed E-state index contributed by atoms with van der Waals surface area (Å²) >= 11 is 0. The van der Waals surface area contributed by atoms with E-state index in [1.807, 2.05) is 20.2 Å². The third kappa shape index (κ3) is 6.76. The zero-order chi connectivity index (χ0) is 15.9. The molecule has 0 fully saturated rings. The van der Waals surface area contributed by atoms with Crippen LogP contribution in [0.15, 0.2) is 42.5 Å². The third-order valence-corrected chi connectivity index (χ3v) is 6.44. The highest BCUT2D eigenvalue weighted by Gasteiger charge is 2.26. The molecule has 0 aliphatic heterocycles. The Bertz CT molecular complexity index is 460. The second-order valence-electron chi connectivity index (χ2n) is 6.92. The fraction of sp³-hybridized carbons (Fsp3) is 0.500. The summed E-state index contributed by atoms with van der Waals surface area (Å²) in [4.78, 5) is 13.7. The minimum absolute atomic E-state index is 0.232. The van der Waals surface area contributed by atoms with Crippen LogP contribution in [-0.2, 0) is 11.2 Å². The summed E-state index contributed by atoms with van der Waals surface area (Å²) in [5.41, 5.74) is 1.79. The Labute approximate surface area is 130 Å².